The van der Waals surface area contributed by atoms with E-state index in [1.54, 1.807) is 19.9 Å². The Kier molecular flexibility index (Phi) is 4.19. The maximum absolute atomic E-state index is 13.7. The van der Waals surface area contributed by atoms with E-state index in [1.807, 2.05) is 0 Å². The monoisotopic (exact) mass is 315 g/mol. The Bertz CT molecular complexity index is 610. The molecule has 1 unspecified atom stereocenters. The molecule has 1 aromatic carbocycles. The van der Waals surface area contributed by atoms with Crippen LogP contribution in [0, 0.1) is 5.92 Å². The Labute approximate surface area is 125 Å². The fourth-order valence-corrected chi connectivity index (χ4v) is 2.17. The number of carboxylic acid groups (broad SMARTS) is 1. The molecule has 1 aromatic rings. The third kappa shape index (κ3) is 2.81. The lowest BCUT2D eigenvalue weighted by atomic mass is 9.94. The van der Waals surface area contributed by atoms with Crippen molar-refractivity contribution in [2.24, 2.45) is 5.92 Å². The van der Waals surface area contributed by atoms with E-state index < -0.39 is 23.4 Å². The van der Waals surface area contributed by atoms with Gasteiger partial charge in [0, 0.05) is 12.1 Å². The minimum Gasteiger partial charge on any atom is -0.478 e. The molecule has 1 aliphatic rings. The van der Waals surface area contributed by atoms with Crippen molar-refractivity contribution in [2.75, 3.05) is 6.54 Å². The predicted molar refractivity (Wildman–Crippen MR) is 74.3 cm³/mol. The van der Waals surface area contributed by atoms with E-state index in [4.69, 9.17) is 4.74 Å². The van der Waals surface area contributed by atoms with Crippen LogP contribution in [0.3, 0.4) is 0 Å². The summed E-state index contributed by atoms with van der Waals surface area (Å²) < 4.78 is 46.1. The van der Waals surface area contributed by atoms with Crippen LogP contribution in [-0.2, 0) is 4.79 Å². The van der Waals surface area contributed by atoms with Gasteiger partial charge in [-0.25, -0.2) is 4.79 Å². The summed E-state index contributed by atoms with van der Waals surface area (Å²) in [6.07, 6.45) is -3.93. The van der Waals surface area contributed by atoms with Crippen molar-refractivity contribution in [3.63, 3.8) is 0 Å². The average molecular weight is 315 g/mol. The van der Waals surface area contributed by atoms with E-state index in [0.717, 1.165) is 6.08 Å². The van der Waals surface area contributed by atoms with Crippen molar-refractivity contribution in [3.8, 4) is 5.75 Å². The van der Waals surface area contributed by atoms with Gasteiger partial charge in [0.2, 0.25) is 0 Å². The van der Waals surface area contributed by atoms with Crippen LogP contribution < -0.4 is 10.1 Å². The van der Waals surface area contributed by atoms with Gasteiger partial charge in [-0.2, -0.15) is 13.2 Å². The number of fused-ring (bicyclic) bond motifs is 1. The van der Waals surface area contributed by atoms with Gasteiger partial charge in [-0.3, -0.25) is 5.32 Å². The topological polar surface area (TPSA) is 58.6 Å². The molecule has 7 heteroatoms. The minimum absolute atomic E-state index is 0.0129. The van der Waals surface area contributed by atoms with Gasteiger partial charge in [0.15, 0.2) is 0 Å². The van der Waals surface area contributed by atoms with Crippen molar-refractivity contribution >= 4 is 12.0 Å². The molecule has 0 bridgehead atoms. The standard InChI is InChI=1S/C15H16F3NO3/c1-9(2)8-19-14(15(16,17)18)11(13(20)21)7-10-5-3-4-6-12(10)22-14/h3-7,9,19H,8H2,1-2H3,(H,20,21). The van der Waals surface area contributed by atoms with Gasteiger partial charge in [0.05, 0.1) is 0 Å². The number of para-hydroxylation sites is 1. The number of rotatable bonds is 4. The lowest BCUT2D eigenvalue weighted by Crippen LogP contribution is -2.65. The lowest BCUT2D eigenvalue weighted by molar-refractivity contribution is -0.247. The highest BCUT2D eigenvalue weighted by atomic mass is 19.4. The summed E-state index contributed by atoms with van der Waals surface area (Å²) in [6, 6.07) is 6.01. The second kappa shape index (κ2) is 5.64. The highest BCUT2D eigenvalue weighted by Crippen LogP contribution is 2.43. The van der Waals surface area contributed by atoms with Gasteiger partial charge in [-0.05, 0) is 18.1 Å². The zero-order chi connectivity index (χ0) is 16.5. The molecule has 0 saturated carbocycles. The summed E-state index contributed by atoms with van der Waals surface area (Å²) >= 11 is 0. The normalized spacial score (nSPS) is 21.1. The fraction of sp³-hybridized carbons (Fsp3) is 0.400. The SMILES string of the molecule is CC(C)CNC1(C(F)(F)F)Oc2ccccc2C=C1C(=O)O. The van der Waals surface area contributed by atoms with Crippen molar-refractivity contribution < 1.29 is 27.8 Å². The molecular formula is C15H16F3NO3. The summed E-state index contributed by atoms with van der Waals surface area (Å²) in [5.41, 5.74) is -3.64. The van der Waals surface area contributed by atoms with Crippen LogP contribution in [0.1, 0.15) is 19.4 Å². The number of alkyl halides is 3. The molecule has 120 valence electrons. The van der Waals surface area contributed by atoms with Crippen molar-refractivity contribution in [3.05, 3.63) is 35.4 Å². The molecule has 0 saturated heterocycles. The summed E-state index contributed by atoms with van der Waals surface area (Å²) in [6.45, 7) is 3.39. The van der Waals surface area contributed by atoms with Crippen LogP contribution in [0.5, 0.6) is 5.75 Å². The molecule has 22 heavy (non-hydrogen) atoms. The molecule has 0 aromatic heterocycles. The molecule has 2 rings (SSSR count). The van der Waals surface area contributed by atoms with E-state index in [0.29, 0.717) is 5.56 Å². The summed E-state index contributed by atoms with van der Waals surface area (Å²) in [5.74, 6) is -1.81. The highest BCUT2D eigenvalue weighted by molar-refractivity contribution is 5.96. The van der Waals surface area contributed by atoms with Crippen molar-refractivity contribution in [1.29, 1.82) is 0 Å². The fourth-order valence-electron chi connectivity index (χ4n) is 2.17. The van der Waals surface area contributed by atoms with Crippen LogP contribution in [0.4, 0.5) is 13.2 Å². The Balaban J connectivity index is 2.59. The smallest absolute Gasteiger partial charge is 0.447 e. The van der Waals surface area contributed by atoms with E-state index in [-0.39, 0.29) is 18.2 Å². The number of nitrogens with one attached hydrogen (secondary N) is 1. The lowest BCUT2D eigenvalue weighted by Gasteiger charge is -2.40. The van der Waals surface area contributed by atoms with Crippen molar-refractivity contribution in [1.82, 2.24) is 5.32 Å². The molecule has 1 atom stereocenters. The van der Waals surface area contributed by atoms with E-state index >= 15 is 0 Å². The largest absolute Gasteiger partial charge is 0.478 e. The van der Waals surface area contributed by atoms with E-state index in [9.17, 15) is 23.1 Å². The first-order chi connectivity index (χ1) is 10.2. The number of halogens is 3. The second-order valence-electron chi connectivity index (χ2n) is 5.46. The van der Waals surface area contributed by atoms with Crippen LogP contribution >= 0.6 is 0 Å². The van der Waals surface area contributed by atoms with Crippen molar-refractivity contribution in [2.45, 2.75) is 25.7 Å². The van der Waals surface area contributed by atoms with Crippen LogP contribution in [-0.4, -0.2) is 29.5 Å². The quantitative estimate of drug-likeness (QED) is 0.896. The maximum Gasteiger partial charge on any atom is 0.447 e. The molecule has 1 heterocycles. The maximum atomic E-state index is 13.7. The number of carboxylic acids is 1. The number of benzene rings is 1. The average Bonchev–Trinajstić information content (AvgIpc) is 2.42. The number of carbonyl (C=O) groups is 1. The molecule has 4 nitrogen and oxygen atoms in total. The molecule has 1 aliphatic heterocycles. The van der Waals surface area contributed by atoms with Crippen LogP contribution in [0.25, 0.3) is 6.08 Å². The highest BCUT2D eigenvalue weighted by Gasteiger charge is 2.63. The Morgan fingerprint density at radius 2 is 2.00 bits per heavy atom. The number of hydrogen-bond acceptors (Lipinski definition) is 3. The first-order valence-corrected chi connectivity index (χ1v) is 6.72. The van der Waals surface area contributed by atoms with Gasteiger partial charge < -0.3 is 9.84 Å². The van der Waals surface area contributed by atoms with E-state index in [1.165, 1.54) is 18.2 Å². The Morgan fingerprint density at radius 1 is 1.36 bits per heavy atom. The number of ether oxygens (including phenoxy) is 1. The summed E-state index contributed by atoms with van der Waals surface area (Å²) in [5, 5.41) is 11.5. The molecule has 2 N–H and O–H groups in total. The first kappa shape index (κ1) is 16.4. The third-order valence-electron chi connectivity index (χ3n) is 3.25. The van der Waals surface area contributed by atoms with Gasteiger partial charge in [0.1, 0.15) is 11.3 Å². The summed E-state index contributed by atoms with van der Waals surface area (Å²) in [4.78, 5) is 11.4. The summed E-state index contributed by atoms with van der Waals surface area (Å²) in [7, 11) is 0. The second-order valence-corrected chi connectivity index (χ2v) is 5.46. The van der Waals surface area contributed by atoms with E-state index in [2.05, 4.69) is 5.32 Å². The number of aliphatic carboxylic acids is 1. The first-order valence-electron chi connectivity index (χ1n) is 6.72. The third-order valence-corrected chi connectivity index (χ3v) is 3.25. The molecule has 0 aliphatic carbocycles. The predicted octanol–water partition coefficient (Wildman–Crippen LogP) is 3.05. The zero-order valence-corrected chi connectivity index (χ0v) is 12.1. The van der Waals surface area contributed by atoms with Gasteiger partial charge in [-0.1, -0.05) is 32.0 Å². The minimum atomic E-state index is -4.93. The van der Waals surface area contributed by atoms with Gasteiger partial charge >= 0.3 is 12.1 Å². The molecule has 0 radical (unpaired) electrons. The van der Waals surface area contributed by atoms with Gasteiger partial charge in [-0.15, -0.1) is 0 Å². The zero-order valence-electron chi connectivity index (χ0n) is 12.1. The molecule has 0 fully saturated rings. The van der Waals surface area contributed by atoms with Gasteiger partial charge in [0.25, 0.3) is 5.72 Å². The van der Waals surface area contributed by atoms with Crippen LogP contribution in [0.15, 0.2) is 29.8 Å². The van der Waals surface area contributed by atoms with Crippen LogP contribution in [0.2, 0.25) is 0 Å². The Hall–Kier alpha value is -2.02. The molecular weight excluding hydrogens is 299 g/mol. The number of hydrogen-bond donors (Lipinski definition) is 2. The molecule has 0 amide bonds. The molecule has 0 spiro atoms. The Morgan fingerprint density at radius 3 is 2.55 bits per heavy atom.